The fraction of sp³-hybridized carbons (Fsp3) is 0.667. The van der Waals surface area contributed by atoms with Crippen molar-refractivity contribution in [2.45, 2.75) is 46.0 Å². The molecule has 1 aliphatic rings. The quantitative estimate of drug-likeness (QED) is 0.868. The molecule has 1 fully saturated rings. The first-order valence-corrected chi connectivity index (χ1v) is 7.63. The maximum atomic E-state index is 12.2. The lowest BCUT2D eigenvalue weighted by Gasteiger charge is -2.19. The van der Waals surface area contributed by atoms with Crippen LogP contribution in [0.4, 0.5) is 5.82 Å². The molecule has 6 nitrogen and oxygen atoms in total. The zero-order valence-corrected chi connectivity index (χ0v) is 12.7. The predicted octanol–water partition coefficient (Wildman–Crippen LogP) is 2.35. The van der Waals surface area contributed by atoms with Gasteiger partial charge in [0, 0.05) is 19.2 Å². The van der Waals surface area contributed by atoms with Crippen molar-refractivity contribution in [2.24, 2.45) is 5.92 Å². The van der Waals surface area contributed by atoms with Crippen LogP contribution in [0.1, 0.15) is 44.8 Å². The Hall–Kier alpha value is -1.85. The van der Waals surface area contributed by atoms with Crippen LogP contribution < -0.4 is 5.32 Å². The molecule has 1 N–H and O–H groups in total. The molecule has 1 aromatic heterocycles. The number of nitrogens with zero attached hydrogens (tertiary/aromatic N) is 2. The Kier molecular flexibility index (Phi) is 5.36. The van der Waals surface area contributed by atoms with E-state index in [0.29, 0.717) is 24.8 Å². The van der Waals surface area contributed by atoms with E-state index >= 15 is 0 Å². The Balaban J connectivity index is 1.88. The van der Waals surface area contributed by atoms with Crippen molar-refractivity contribution in [3.05, 3.63) is 11.8 Å². The molecule has 0 aromatic carbocycles. The highest BCUT2D eigenvalue weighted by Gasteiger charge is 2.25. The zero-order chi connectivity index (χ0) is 15.2. The summed E-state index contributed by atoms with van der Waals surface area (Å²) < 4.78 is 4.86. The van der Waals surface area contributed by atoms with Crippen molar-refractivity contribution in [1.82, 2.24) is 10.1 Å². The highest BCUT2D eigenvalue weighted by atomic mass is 16.5. The van der Waals surface area contributed by atoms with Crippen LogP contribution in [0.5, 0.6) is 0 Å². The molecule has 2 heterocycles. The fourth-order valence-electron chi connectivity index (χ4n) is 2.80. The summed E-state index contributed by atoms with van der Waals surface area (Å²) in [6, 6.07) is 1.59. The van der Waals surface area contributed by atoms with Gasteiger partial charge in [0.1, 0.15) is 5.76 Å². The van der Waals surface area contributed by atoms with Gasteiger partial charge in [0.2, 0.25) is 0 Å². The molecule has 1 unspecified atom stereocenters. The van der Waals surface area contributed by atoms with Gasteiger partial charge in [0.25, 0.3) is 0 Å². The predicted molar refractivity (Wildman–Crippen MR) is 78.7 cm³/mol. The average Bonchev–Trinajstić information content (AvgIpc) is 2.73. The number of hydrogen-bond donors (Lipinski definition) is 1. The normalized spacial score (nSPS) is 19.1. The summed E-state index contributed by atoms with van der Waals surface area (Å²) in [4.78, 5) is 25.8. The number of rotatable bonds is 3. The molecule has 1 aromatic rings. The van der Waals surface area contributed by atoms with E-state index in [0.717, 1.165) is 19.3 Å². The third-order valence-corrected chi connectivity index (χ3v) is 3.90. The highest BCUT2D eigenvalue weighted by Crippen LogP contribution is 2.22. The minimum absolute atomic E-state index is 0.282. The Labute approximate surface area is 124 Å². The van der Waals surface area contributed by atoms with Gasteiger partial charge in [-0.05, 0) is 32.1 Å². The van der Waals surface area contributed by atoms with Crippen molar-refractivity contribution >= 4 is 17.6 Å². The lowest BCUT2D eigenvalue weighted by Crippen LogP contribution is -2.40. The monoisotopic (exact) mass is 293 g/mol. The lowest BCUT2D eigenvalue weighted by atomic mass is 9.96. The Morgan fingerprint density at radius 2 is 2.24 bits per heavy atom. The number of hydrogen-bond acceptors (Lipinski definition) is 4. The van der Waals surface area contributed by atoms with E-state index in [2.05, 4.69) is 17.4 Å². The number of carbonyl (C=O) groups is 2. The van der Waals surface area contributed by atoms with Gasteiger partial charge in [-0.15, -0.1) is 0 Å². The van der Waals surface area contributed by atoms with Crippen LogP contribution in [0.3, 0.4) is 0 Å². The van der Waals surface area contributed by atoms with Crippen LogP contribution in [0.2, 0.25) is 0 Å². The van der Waals surface area contributed by atoms with Crippen molar-refractivity contribution < 1.29 is 14.1 Å². The SMILES string of the molecule is CCCC1CCCN(C(=O)C(=O)Nc2cc(C)on2)CC1. The molecule has 1 atom stereocenters. The van der Waals surface area contributed by atoms with Gasteiger partial charge in [-0.3, -0.25) is 14.9 Å². The maximum absolute atomic E-state index is 12.2. The zero-order valence-electron chi connectivity index (χ0n) is 12.7. The van der Waals surface area contributed by atoms with Crippen LogP contribution in [-0.2, 0) is 9.59 Å². The van der Waals surface area contributed by atoms with Gasteiger partial charge in [-0.2, -0.15) is 0 Å². The Bertz CT molecular complexity index is 498. The molecule has 0 radical (unpaired) electrons. The van der Waals surface area contributed by atoms with E-state index in [1.54, 1.807) is 17.9 Å². The molecule has 0 bridgehead atoms. The molecular weight excluding hydrogens is 270 g/mol. The topological polar surface area (TPSA) is 75.4 Å². The number of likely N-dealkylation sites (tertiary alicyclic amines) is 1. The first kappa shape index (κ1) is 15.5. The molecule has 116 valence electrons. The second-order valence-corrected chi connectivity index (χ2v) is 5.65. The molecule has 0 spiro atoms. The second-order valence-electron chi connectivity index (χ2n) is 5.65. The van der Waals surface area contributed by atoms with E-state index < -0.39 is 11.8 Å². The summed E-state index contributed by atoms with van der Waals surface area (Å²) in [5.74, 6) is 0.429. The number of aryl methyl sites for hydroxylation is 1. The average molecular weight is 293 g/mol. The van der Waals surface area contributed by atoms with Gasteiger partial charge in [-0.25, -0.2) is 0 Å². The van der Waals surface area contributed by atoms with Gasteiger partial charge < -0.3 is 9.42 Å². The molecule has 0 saturated carbocycles. The van der Waals surface area contributed by atoms with E-state index in [1.165, 1.54) is 12.8 Å². The Morgan fingerprint density at radius 3 is 2.90 bits per heavy atom. The summed E-state index contributed by atoms with van der Waals surface area (Å²) in [7, 11) is 0. The van der Waals surface area contributed by atoms with E-state index in [9.17, 15) is 9.59 Å². The van der Waals surface area contributed by atoms with Crippen LogP contribution in [0.25, 0.3) is 0 Å². The van der Waals surface area contributed by atoms with Gasteiger partial charge >= 0.3 is 11.8 Å². The number of aromatic nitrogens is 1. The molecule has 2 rings (SSSR count). The van der Waals surface area contributed by atoms with Crippen LogP contribution in [0, 0.1) is 12.8 Å². The van der Waals surface area contributed by atoms with Crippen LogP contribution in [0.15, 0.2) is 10.6 Å². The largest absolute Gasteiger partial charge is 0.360 e. The van der Waals surface area contributed by atoms with Crippen molar-refractivity contribution in [1.29, 1.82) is 0 Å². The third kappa shape index (κ3) is 4.31. The standard InChI is InChI=1S/C15H23N3O3/c1-3-5-12-6-4-8-18(9-7-12)15(20)14(19)16-13-10-11(2)21-17-13/h10,12H,3-9H2,1-2H3,(H,16,17,19). The van der Waals surface area contributed by atoms with Gasteiger partial charge in [0.15, 0.2) is 5.82 Å². The summed E-state index contributed by atoms with van der Waals surface area (Å²) >= 11 is 0. The molecule has 1 aliphatic heterocycles. The summed E-state index contributed by atoms with van der Waals surface area (Å²) in [5.41, 5.74) is 0. The molecule has 1 saturated heterocycles. The number of anilines is 1. The van der Waals surface area contributed by atoms with E-state index in [-0.39, 0.29) is 5.82 Å². The first-order chi connectivity index (χ1) is 10.1. The number of nitrogens with one attached hydrogen (secondary N) is 1. The maximum Gasteiger partial charge on any atom is 0.315 e. The summed E-state index contributed by atoms with van der Waals surface area (Å²) in [6.45, 7) is 5.23. The molecule has 6 heteroatoms. The minimum atomic E-state index is -0.641. The molecule has 21 heavy (non-hydrogen) atoms. The van der Waals surface area contributed by atoms with Crippen molar-refractivity contribution in [2.75, 3.05) is 18.4 Å². The number of amides is 2. The van der Waals surface area contributed by atoms with Gasteiger partial charge in [0.05, 0.1) is 0 Å². The van der Waals surface area contributed by atoms with E-state index in [4.69, 9.17) is 4.52 Å². The van der Waals surface area contributed by atoms with Crippen LogP contribution in [-0.4, -0.2) is 35.0 Å². The Morgan fingerprint density at radius 1 is 1.43 bits per heavy atom. The van der Waals surface area contributed by atoms with Crippen molar-refractivity contribution in [3.63, 3.8) is 0 Å². The molecule has 0 aliphatic carbocycles. The molecule has 2 amide bonds. The highest BCUT2D eigenvalue weighted by molar-refractivity contribution is 6.39. The lowest BCUT2D eigenvalue weighted by molar-refractivity contribution is -0.143. The summed E-state index contributed by atoms with van der Waals surface area (Å²) in [5, 5.41) is 6.14. The molecular formula is C15H23N3O3. The third-order valence-electron chi connectivity index (χ3n) is 3.90. The fourth-order valence-corrected chi connectivity index (χ4v) is 2.80. The summed E-state index contributed by atoms with van der Waals surface area (Å²) in [6.07, 6.45) is 5.46. The van der Waals surface area contributed by atoms with Gasteiger partial charge in [-0.1, -0.05) is 24.9 Å². The minimum Gasteiger partial charge on any atom is -0.360 e. The van der Waals surface area contributed by atoms with E-state index in [1.807, 2.05) is 0 Å². The van der Waals surface area contributed by atoms with Crippen molar-refractivity contribution in [3.8, 4) is 0 Å². The second kappa shape index (κ2) is 7.24. The smallest absolute Gasteiger partial charge is 0.315 e. The van der Waals surface area contributed by atoms with Crippen LogP contribution >= 0.6 is 0 Å². The first-order valence-electron chi connectivity index (χ1n) is 7.63. The number of carbonyl (C=O) groups excluding carboxylic acids is 2.